The van der Waals surface area contributed by atoms with Gasteiger partial charge in [-0.05, 0) is 31.0 Å². The second kappa shape index (κ2) is 6.67. The fraction of sp³-hybridized carbons (Fsp3) is 0.588. The van der Waals surface area contributed by atoms with E-state index in [1.54, 1.807) is 7.11 Å². The normalized spacial score (nSPS) is 25.5. The first kappa shape index (κ1) is 15.3. The number of hydrogen-bond donors (Lipinski definition) is 1. The molecule has 0 aromatic heterocycles. The molecule has 0 bridgehead atoms. The van der Waals surface area contributed by atoms with Gasteiger partial charge in [0.05, 0.1) is 12.1 Å². The molecule has 5 nitrogen and oxygen atoms in total. The van der Waals surface area contributed by atoms with E-state index < -0.39 is 0 Å². The maximum atomic E-state index is 12.5. The molecule has 2 heterocycles. The molecular formula is C17H25N3O2. The van der Waals surface area contributed by atoms with Gasteiger partial charge < -0.3 is 19.9 Å². The molecule has 120 valence electrons. The fourth-order valence-corrected chi connectivity index (χ4v) is 3.30. The van der Waals surface area contributed by atoms with Crippen molar-refractivity contribution >= 4 is 11.6 Å². The molecule has 0 unspecified atom stereocenters. The highest BCUT2D eigenvalue weighted by Crippen LogP contribution is 2.19. The summed E-state index contributed by atoms with van der Waals surface area (Å²) in [5.74, 6) is 0.225. The number of carbonyl (C=O) groups excluding carboxylic acids is 1. The third-order valence-electron chi connectivity index (χ3n) is 4.68. The van der Waals surface area contributed by atoms with E-state index in [0.29, 0.717) is 0 Å². The number of anilines is 1. The van der Waals surface area contributed by atoms with Crippen molar-refractivity contribution in [1.82, 2.24) is 10.2 Å². The Kier molecular flexibility index (Phi) is 4.64. The van der Waals surface area contributed by atoms with E-state index in [4.69, 9.17) is 4.74 Å². The zero-order valence-corrected chi connectivity index (χ0v) is 13.4. The summed E-state index contributed by atoms with van der Waals surface area (Å²) in [5, 5.41) is 3.28. The minimum atomic E-state index is -0.0736. The molecule has 2 saturated heterocycles. The van der Waals surface area contributed by atoms with Gasteiger partial charge in [-0.25, -0.2) is 0 Å². The van der Waals surface area contributed by atoms with E-state index in [1.165, 1.54) is 11.3 Å². The van der Waals surface area contributed by atoms with Crippen LogP contribution in [0.5, 0.6) is 0 Å². The number of methoxy groups -OCH3 is 1. The summed E-state index contributed by atoms with van der Waals surface area (Å²) in [6.07, 6.45) is 0.954. The largest absolute Gasteiger partial charge is 0.380 e. The Morgan fingerprint density at radius 3 is 2.68 bits per heavy atom. The third-order valence-corrected chi connectivity index (χ3v) is 4.68. The highest BCUT2D eigenvalue weighted by atomic mass is 16.5. The van der Waals surface area contributed by atoms with Gasteiger partial charge in [0, 0.05) is 45.5 Å². The number of amides is 1. The molecule has 2 atom stereocenters. The lowest BCUT2D eigenvalue weighted by Crippen LogP contribution is -2.53. The lowest BCUT2D eigenvalue weighted by Gasteiger charge is -2.37. The second-order valence-electron chi connectivity index (χ2n) is 6.21. The number of hydrogen-bond acceptors (Lipinski definition) is 4. The summed E-state index contributed by atoms with van der Waals surface area (Å²) in [6.45, 7) is 6.27. The van der Waals surface area contributed by atoms with E-state index in [9.17, 15) is 4.79 Å². The lowest BCUT2D eigenvalue weighted by molar-refractivity contribution is -0.133. The van der Waals surface area contributed by atoms with Crippen LogP contribution in [0.2, 0.25) is 0 Å². The van der Waals surface area contributed by atoms with E-state index in [1.807, 2.05) is 4.90 Å². The molecule has 5 heteroatoms. The first-order chi connectivity index (χ1) is 10.7. The van der Waals surface area contributed by atoms with Crippen molar-refractivity contribution in [3.8, 4) is 0 Å². The summed E-state index contributed by atoms with van der Waals surface area (Å²) in [6, 6.07) is 8.48. The molecule has 2 fully saturated rings. The van der Waals surface area contributed by atoms with Crippen molar-refractivity contribution in [2.75, 3.05) is 44.7 Å². The van der Waals surface area contributed by atoms with Crippen molar-refractivity contribution in [2.24, 2.45) is 0 Å². The topological polar surface area (TPSA) is 44.8 Å². The Bertz CT molecular complexity index is 526. The average Bonchev–Trinajstić information content (AvgIpc) is 3.03. The van der Waals surface area contributed by atoms with E-state index in [0.717, 1.165) is 39.1 Å². The summed E-state index contributed by atoms with van der Waals surface area (Å²) in [5.41, 5.74) is 2.53. The highest BCUT2D eigenvalue weighted by Gasteiger charge is 2.33. The van der Waals surface area contributed by atoms with Crippen LogP contribution < -0.4 is 10.2 Å². The van der Waals surface area contributed by atoms with Crippen molar-refractivity contribution < 1.29 is 9.53 Å². The monoisotopic (exact) mass is 303 g/mol. The lowest BCUT2D eigenvalue weighted by atomic mass is 10.1. The van der Waals surface area contributed by atoms with Crippen LogP contribution in [0.4, 0.5) is 5.69 Å². The first-order valence-electron chi connectivity index (χ1n) is 8.04. The van der Waals surface area contributed by atoms with Gasteiger partial charge in [-0.2, -0.15) is 0 Å². The van der Waals surface area contributed by atoms with E-state index in [2.05, 4.69) is 41.4 Å². The molecule has 2 aliphatic rings. The number of carbonyl (C=O) groups is 1. The van der Waals surface area contributed by atoms with Crippen LogP contribution in [0.1, 0.15) is 12.0 Å². The summed E-state index contributed by atoms with van der Waals surface area (Å²) in [7, 11) is 1.71. The predicted octanol–water partition coefficient (Wildman–Crippen LogP) is 1.02. The van der Waals surface area contributed by atoms with Gasteiger partial charge in [0.25, 0.3) is 0 Å². The number of benzene rings is 1. The zero-order chi connectivity index (χ0) is 15.5. The van der Waals surface area contributed by atoms with Crippen LogP contribution in [-0.4, -0.2) is 62.8 Å². The smallest absolute Gasteiger partial charge is 0.239 e. The van der Waals surface area contributed by atoms with E-state index >= 15 is 0 Å². The minimum Gasteiger partial charge on any atom is -0.380 e. The highest BCUT2D eigenvalue weighted by molar-refractivity contribution is 5.82. The molecular weight excluding hydrogens is 278 g/mol. The van der Waals surface area contributed by atoms with Crippen LogP contribution in [-0.2, 0) is 9.53 Å². The van der Waals surface area contributed by atoms with Crippen molar-refractivity contribution in [3.05, 3.63) is 29.8 Å². The van der Waals surface area contributed by atoms with Gasteiger partial charge in [0.2, 0.25) is 5.91 Å². The van der Waals surface area contributed by atoms with Gasteiger partial charge in [-0.3, -0.25) is 4.79 Å². The van der Waals surface area contributed by atoms with Crippen molar-refractivity contribution in [1.29, 1.82) is 0 Å². The number of aryl methyl sites for hydroxylation is 1. The molecule has 1 amide bonds. The first-order valence-corrected chi connectivity index (χ1v) is 8.04. The molecule has 1 aromatic carbocycles. The SMILES string of the molecule is CO[C@@H]1CN[C@H](C(=O)N2CCN(c3cccc(C)c3)CC2)C1. The minimum absolute atomic E-state index is 0.0736. The van der Waals surface area contributed by atoms with Crippen LogP contribution in [0.15, 0.2) is 24.3 Å². The van der Waals surface area contributed by atoms with Crippen LogP contribution in [0, 0.1) is 6.92 Å². The summed E-state index contributed by atoms with van der Waals surface area (Å²) < 4.78 is 5.32. The van der Waals surface area contributed by atoms with Gasteiger partial charge in [-0.15, -0.1) is 0 Å². The number of nitrogens with zero attached hydrogens (tertiary/aromatic N) is 2. The number of nitrogens with one attached hydrogen (secondary N) is 1. The van der Waals surface area contributed by atoms with Crippen molar-refractivity contribution in [3.63, 3.8) is 0 Å². The quantitative estimate of drug-likeness (QED) is 0.905. The molecule has 1 N–H and O–H groups in total. The molecule has 1 aromatic rings. The number of piperazine rings is 1. The molecule has 0 aliphatic carbocycles. The Morgan fingerprint density at radius 2 is 2.05 bits per heavy atom. The van der Waals surface area contributed by atoms with Gasteiger partial charge >= 0.3 is 0 Å². The van der Waals surface area contributed by atoms with Crippen LogP contribution in [0.3, 0.4) is 0 Å². The Hall–Kier alpha value is -1.59. The zero-order valence-electron chi connectivity index (χ0n) is 13.4. The molecule has 0 saturated carbocycles. The predicted molar refractivity (Wildman–Crippen MR) is 87.2 cm³/mol. The van der Waals surface area contributed by atoms with Crippen LogP contribution >= 0.6 is 0 Å². The fourth-order valence-electron chi connectivity index (χ4n) is 3.30. The van der Waals surface area contributed by atoms with E-state index in [-0.39, 0.29) is 18.1 Å². The standard InChI is InChI=1S/C17H25N3O2/c1-13-4-3-5-14(10-13)19-6-8-20(9-7-19)17(21)16-11-15(22-2)12-18-16/h3-5,10,15-16,18H,6-9,11-12H2,1-2H3/t15-,16-/m0/s1. The molecule has 2 aliphatic heterocycles. The Balaban J connectivity index is 1.54. The Labute approximate surface area is 132 Å². The van der Waals surface area contributed by atoms with Gasteiger partial charge in [0.1, 0.15) is 0 Å². The maximum Gasteiger partial charge on any atom is 0.239 e. The molecule has 0 spiro atoms. The molecule has 0 radical (unpaired) electrons. The average molecular weight is 303 g/mol. The summed E-state index contributed by atoms with van der Waals surface area (Å²) >= 11 is 0. The second-order valence-corrected chi connectivity index (χ2v) is 6.21. The maximum absolute atomic E-state index is 12.5. The Morgan fingerprint density at radius 1 is 1.27 bits per heavy atom. The molecule has 22 heavy (non-hydrogen) atoms. The van der Waals surface area contributed by atoms with Gasteiger partial charge in [0.15, 0.2) is 0 Å². The van der Waals surface area contributed by atoms with Gasteiger partial charge in [-0.1, -0.05) is 12.1 Å². The molecule has 3 rings (SSSR count). The number of ether oxygens (including phenoxy) is 1. The van der Waals surface area contributed by atoms with Crippen LogP contribution in [0.25, 0.3) is 0 Å². The number of rotatable bonds is 3. The summed E-state index contributed by atoms with van der Waals surface area (Å²) in [4.78, 5) is 16.9. The third kappa shape index (κ3) is 3.25. The van der Waals surface area contributed by atoms with Crippen molar-refractivity contribution in [2.45, 2.75) is 25.5 Å².